The Balaban J connectivity index is 2.04. The van der Waals surface area contributed by atoms with Crippen LogP contribution in [0.3, 0.4) is 0 Å². The number of ether oxygens (including phenoxy) is 1. The van der Waals surface area contributed by atoms with Crippen molar-refractivity contribution in [3.63, 3.8) is 0 Å². The van der Waals surface area contributed by atoms with Gasteiger partial charge in [-0.05, 0) is 79.6 Å². The molecule has 2 aliphatic rings. The molecule has 1 atom stereocenters. The van der Waals surface area contributed by atoms with Gasteiger partial charge in [-0.25, -0.2) is 4.79 Å². The lowest BCUT2D eigenvalue weighted by atomic mass is 9.68. The molecule has 1 aliphatic carbocycles. The summed E-state index contributed by atoms with van der Waals surface area (Å²) in [5, 5.41) is 3.09. The van der Waals surface area contributed by atoms with Crippen molar-refractivity contribution >= 4 is 13.2 Å². The van der Waals surface area contributed by atoms with E-state index < -0.39 is 5.60 Å². The highest BCUT2D eigenvalue weighted by atomic mass is 16.7. The maximum absolute atomic E-state index is 12.2. The van der Waals surface area contributed by atoms with Gasteiger partial charge in [-0.3, -0.25) is 0 Å². The zero-order valence-electron chi connectivity index (χ0n) is 17.1. The second-order valence-corrected chi connectivity index (χ2v) is 9.33. The van der Waals surface area contributed by atoms with Gasteiger partial charge >= 0.3 is 13.2 Å². The highest BCUT2D eigenvalue weighted by Gasteiger charge is 2.53. The highest BCUT2D eigenvalue weighted by molar-refractivity contribution is 6.54. The molecule has 6 heteroatoms. The number of rotatable bonds is 3. The van der Waals surface area contributed by atoms with Gasteiger partial charge in [0.05, 0.1) is 11.2 Å². The number of alkyl carbamates (subject to hydrolysis) is 1. The molecule has 0 aromatic heterocycles. The van der Waals surface area contributed by atoms with Crippen LogP contribution in [0.25, 0.3) is 0 Å². The SMILES string of the molecule is CCC1(NC(=O)OC(C)(C)C)CC=C(B2OC(C)(C)C(C)(C)O2)CC1. The van der Waals surface area contributed by atoms with Gasteiger partial charge in [-0.1, -0.05) is 13.0 Å². The van der Waals surface area contributed by atoms with E-state index in [2.05, 4.69) is 46.0 Å². The fourth-order valence-corrected chi connectivity index (χ4v) is 3.17. The minimum absolute atomic E-state index is 0.254. The fraction of sp³-hybridized carbons (Fsp3) is 0.842. The Morgan fingerprint density at radius 2 is 1.80 bits per heavy atom. The molecule has 1 unspecified atom stereocenters. The summed E-state index contributed by atoms with van der Waals surface area (Å²) in [5.41, 5.74) is -0.222. The molecule has 0 spiro atoms. The Labute approximate surface area is 153 Å². The summed E-state index contributed by atoms with van der Waals surface area (Å²) in [6.07, 6.45) is 5.16. The number of amides is 1. The Morgan fingerprint density at radius 1 is 1.24 bits per heavy atom. The van der Waals surface area contributed by atoms with Crippen molar-refractivity contribution in [3.8, 4) is 0 Å². The topological polar surface area (TPSA) is 56.8 Å². The Bertz CT molecular complexity index is 534. The molecule has 0 aromatic rings. The molecule has 1 fully saturated rings. The Kier molecular flexibility index (Phi) is 5.38. The maximum atomic E-state index is 12.2. The third-order valence-corrected chi connectivity index (χ3v) is 5.65. The molecule has 5 nitrogen and oxygen atoms in total. The van der Waals surface area contributed by atoms with E-state index in [4.69, 9.17) is 14.0 Å². The van der Waals surface area contributed by atoms with E-state index in [1.807, 2.05) is 20.8 Å². The molecule has 0 radical (unpaired) electrons. The molecular weight excluding hydrogens is 317 g/mol. The van der Waals surface area contributed by atoms with E-state index in [1.54, 1.807) is 0 Å². The fourth-order valence-electron chi connectivity index (χ4n) is 3.17. The Morgan fingerprint density at radius 3 is 2.20 bits per heavy atom. The maximum Gasteiger partial charge on any atom is 0.490 e. The summed E-state index contributed by atoms with van der Waals surface area (Å²) in [5.74, 6) is 0. The van der Waals surface area contributed by atoms with E-state index in [1.165, 1.54) is 5.47 Å². The highest BCUT2D eigenvalue weighted by Crippen LogP contribution is 2.41. The second-order valence-electron chi connectivity index (χ2n) is 9.33. The van der Waals surface area contributed by atoms with Gasteiger partial charge in [0.15, 0.2) is 0 Å². The van der Waals surface area contributed by atoms with Gasteiger partial charge in [-0.2, -0.15) is 0 Å². The average Bonchev–Trinajstić information content (AvgIpc) is 2.66. The predicted molar refractivity (Wildman–Crippen MR) is 100 cm³/mol. The largest absolute Gasteiger partial charge is 0.490 e. The van der Waals surface area contributed by atoms with Crippen molar-refractivity contribution < 1.29 is 18.8 Å². The van der Waals surface area contributed by atoms with Gasteiger partial charge in [0.2, 0.25) is 0 Å². The summed E-state index contributed by atoms with van der Waals surface area (Å²) in [6.45, 7) is 16.0. The van der Waals surface area contributed by atoms with E-state index in [9.17, 15) is 4.79 Å². The van der Waals surface area contributed by atoms with E-state index in [-0.39, 0.29) is 30.0 Å². The van der Waals surface area contributed by atoms with E-state index in [0.717, 1.165) is 25.7 Å². The van der Waals surface area contributed by atoms with Crippen LogP contribution in [0.1, 0.15) is 81.1 Å². The first kappa shape index (κ1) is 20.3. The second kappa shape index (κ2) is 6.62. The van der Waals surface area contributed by atoms with E-state index >= 15 is 0 Å². The first-order chi connectivity index (χ1) is 11.3. The first-order valence-electron chi connectivity index (χ1n) is 9.35. The number of nitrogens with one attached hydrogen (secondary N) is 1. The van der Waals surface area contributed by atoms with Crippen molar-refractivity contribution in [2.75, 3.05) is 0 Å². The van der Waals surface area contributed by atoms with Gasteiger partial charge in [0, 0.05) is 5.54 Å². The molecule has 0 bridgehead atoms. The van der Waals surface area contributed by atoms with Crippen LogP contribution in [0.4, 0.5) is 4.79 Å². The van der Waals surface area contributed by atoms with Crippen molar-refractivity contribution in [3.05, 3.63) is 11.5 Å². The van der Waals surface area contributed by atoms with Crippen LogP contribution in [-0.4, -0.2) is 35.6 Å². The van der Waals surface area contributed by atoms with Crippen LogP contribution in [0.5, 0.6) is 0 Å². The van der Waals surface area contributed by atoms with Crippen LogP contribution in [-0.2, 0) is 14.0 Å². The predicted octanol–water partition coefficient (Wildman–Crippen LogP) is 4.40. The molecule has 1 N–H and O–H groups in total. The quantitative estimate of drug-likeness (QED) is 0.766. The summed E-state index contributed by atoms with van der Waals surface area (Å²) in [7, 11) is -0.290. The third kappa shape index (κ3) is 4.59. The summed E-state index contributed by atoms with van der Waals surface area (Å²) >= 11 is 0. The summed E-state index contributed by atoms with van der Waals surface area (Å²) < 4.78 is 17.7. The zero-order valence-corrected chi connectivity index (χ0v) is 17.1. The lowest BCUT2D eigenvalue weighted by Gasteiger charge is -2.37. The molecule has 1 amide bonds. The minimum Gasteiger partial charge on any atom is -0.444 e. The van der Waals surface area contributed by atoms with Crippen LogP contribution in [0, 0.1) is 0 Å². The minimum atomic E-state index is -0.489. The number of allylic oxidation sites excluding steroid dienone is 1. The van der Waals surface area contributed by atoms with Crippen LogP contribution in [0.2, 0.25) is 0 Å². The molecule has 0 saturated carbocycles. The normalized spacial score (nSPS) is 28.5. The van der Waals surface area contributed by atoms with Crippen molar-refractivity contribution in [1.29, 1.82) is 0 Å². The first-order valence-corrected chi connectivity index (χ1v) is 9.35. The van der Waals surface area contributed by atoms with Gasteiger partial charge in [0.1, 0.15) is 5.60 Å². The standard InChI is InChI=1S/C19H34BNO4/c1-9-19(21-15(22)23-16(2,3)4)12-10-14(11-13-19)20-24-17(5,6)18(7,8)25-20/h10H,9,11-13H2,1-8H3,(H,21,22). The number of carbonyl (C=O) groups excluding carboxylic acids is 1. The van der Waals surface area contributed by atoms with Gasteiger partial charge in [-0.15, -0.1) is 0 Å². The number of hydrogen-bond acceptors (Lipinski definition) is 4. The molecular formula is C19H34BNO4. The van der Waals surface area contributed by atoms with E-state index in [0.29, 0.717) is 0 Å². The molecule has 142 valence electrons. The molecule has 0 aromatic carbocycles. The lowest BCUT2D eigenvalue weighted by molar-refractivity contribution is 0.00578. The summed E-state index contributed by atoms with van der Waals surface area (Å²) in [6, 6.07) is 0. The molecule has 1 aliphatic heterocycles. The average molecular weight is 351 g/mol. The summed E-state index contributed by atoms with van der Waals surface area (Å²) in [4.78, 5) is 12.2. The molecule has 1 saturated heterocycles. The Hall–Kier alpha value is -1.01. The van der Waals surface area contributed by atoms with Gasteiger partial charge < -0.3 is 19.4 Å². The molecule has 25 heavy (non-hydrogen) atoms. The van der Waals surface area contributed by atoms with Crippen molar-refractivity contribution in [1.82, 2.24) is 5.32 Å². The smallest absolute Gasteiger partial charge is 0.444 e. The molecule has 1 heterocycles. The number of hydrogen-bond donors (Lipinski definition) is 1. The lowest BCUT2D eigenvalue weighted by Crippen LogP contribution is -2.51. The monoisotopic (exact) mass is 351 g/mol. The van der Waals surface area contributed by atoms with Crippen LogP contribution in [0.15, 0.2) is 11.5 Å². The van der Waals surface area contributed by atoms with Crippen LogP contribution < -0.4 is 5.32 Å². The molecule has 2 rings (SSSR count). The van der Waals surface area contributed by atoms with Crippen molar-refractivity contribution in [2.24, 2.45) is 0 Å². The third-order valence-electron chi connectivity index (χ3n) is 5.65. The van der Waals surface area contributed by atoms with Gasteiger partial charge in [0.25, 0.3) is 0 Å². The van der Waals surface area contributed by atoms with Crippen LogP contribution >= 0.6 is 0 Å². The number of carbonyl (C=O) groups is 1. The zero-order chi connectivity index (χ0) is 19.1. The van der Waals surface area contributed by atoms with Crippen molar-refractivity contribution in [2.45, 2.75) is 103 Å².